The van der Waals surface area contributed by atoms with Gasteiger partial charge in [-0.05, 0) is 54.9 Å². The van der Waals surface area contributed by atoms with Crippen LogP contribution in [0.25, 0.3) is 0 Å². The molecule has 3 aromatic rings. The molecule has 1 heterocycles. The fourth-order valence-corrected chi connectivity index (χ4v) is 3.19. The summed E-state index contributed by atoms with van der Waals surface area (Å²) in [7, 11) is 0. The Balaban J connectivity index is 0.000000296. The van der Waals surface area contributed by atoms with Crippen LogP contribution >= 0.6 is 11.6 Å². The van der Waals surface area contributed by atoms with Crippen molar-refractivity contribution in [1.82, 2.24) is 9.97 Å². The molecule has 0 saturated carbocycles. The first kappa shape index (κ1) is 32.2. The van der Waals surface area contributed by atoms with Crippen molar-refractivity contribution in [2.24, 2.45) is 0 Å². The Kier molecular flexibility index (Phi) is 13.8. The average Bonchev–Trinajstić information content (AvgIpc) is 2.96. The third-order valence-corrected chi connectivity index (χ3v) is 4.92. The Morgan fingerprint density at radius 1 is 0.854 bits per heavy atom. The number of aromatic nitrogens is 2. The largest absolute Gasteiger partial charge is 0.462 e. The van der Waals surface area contributed by atoms with Gasteiger partial charge in [-0.3, -0.25) is 15.4 Å². The summed E-state index contributed by atoms with van der Waals surface area (Å²) in [6, 6.07) is 14.6. The Morgan fingerprint density at radius 3 is 1.95 bits per heavy atom. The minimum atomic E-state index is -0.614. The molecule has 0 radical (unpaired) electrons. The van der Waals surface area contributed by atoms with E-state index in [-0.39, 0.29) is 30.7 Å². The van der Waals surface area contributed by atoms with E-state index in [2.05, 4.69) is 33.8 Å². The van der Waals surface area contributed by atoms with Crippen LogP contribution in [0.1, 0.15) is 33.3 Å². The highest BCUT2D eigenvalue weighted by Crippen LogP contribution is 2.14. The number of rotatable bonds is 11. The average molecular weight is 581 g/mol. The Morgan fingerprint density at radius 2 is 1.41 bits per heavy atom. The number of ketones is 1. The fraction of sp³-hybridized carbons (Fsp3) is 0.172. The Hall–Kier alpha value is -5.03. The lowest BCUT2D eigenvalue weighted by Gasteiger charge is -2.07. The summed E-state index contributed by atoms with van der Waals surface area (Å²) >= 11 is 5.70. The van der Waals surface area contributed by atoms with Crippen LogP contribution in [-0.4, -0.2) is 53.7 Å². The molecule has 0 aliphatic rings. The summed E-state index contributed by atoms with van der Waals surface area (Å²) in [6.07, 6.45) is 3.30. The third kappa shape index (κ3) is 12.1. The number of ether oxygens (including phenoxy) is 3. The van der Waals surface area contributed by atoms with Crippen molar-refractivity contribution in [2.75, 3.05) is 30.5 Å². The molecule has 214 valence electrons. The number of hydrogen-bond donors (Lipinski definition) is 2. The fourth-order valence-electron chi connectivity index (χ4n) is 3.02. The van der Waals surface area contributed by atoms with E-state index >= 15 is 0 Å². The molecular weight excluding hydrogens is 552 g/mol. The van der Waals surface area contributed by atoms with Crippen LogP contribution in [-0.2, 0) is 20.6 Å². The number of Topliss-reactive ketones (excluding diaryl/α,β-unsaturated/α-hetero) is 1. The third-order valence-electron chi connectivity index (χ3n) is 4.74. The van der Waals surface area contributed by atoms with E-state index in [0.717, 1.165) is 0 Å². The van der Waals surface area contributed by atoms with E-state index in [0.29, 0.717) is 34.8 Å². The molecule has 0 atom stereocenters. The maximum atomic E-state index is 12.3. The number of amides is 2. The van der Waals surface area contributed by atoms with Gasteiger partial charge in [-0.25, -0.2) is 24.4 Å². The minimum Gasteiger partial charge on any atom is -0.462 e. The van der Waals surface area contributed by atoms with Crippen molar-refractivity contribution in [3.05, 3.63) is 108 Å². The van der Waals surface area contributed by atoms with Crippen molar-refractivity contribution in [2.45, 2.75) is 13.3 Å². The number of anilines is 2. The summed E-state index contributed by atoms with van der Waals surface area (Å²) in [6.45, 7) is 9.16. The van der Waals surface area contributed by atoms with Crippen molar-refractivity contribution < 1.29 is 33.4 Å². The molecule has 0 saturated heterocycles. The molecule has 0 bridgehead atoms. The summed E-state index contributed by atoms with van der Waals surface area (Å²) in [5.41, 5.74) is 2.28. The van der Waals surface area contributed by atoms with Crippen LogP contribution in [0, 0.1) is 0 Å². The standard InChI is InChI=1S/C16H14ClN3O3.C13H15NO4/c1-2-8-23-16(22)20-12-5-3-4-11(9-12)14(21)10-13-6-7-18-15(17)19-13;1-3-8-18-13(16)14-11-7-5-6-10(9-11)12(15)17-4-2/h2-7,9H,1,8,10H2,(H,20,22);3,5-7,9H,1,4,8H2,2H3,(H,14,16). The number of nitrogens with zero attached hydrogens (tertiary/aromatic N) is 2. The first-order valence-corrected chi connectivity index (χ1v) is 12.6. The predicted octanol–water partition coefficient (Wildman–Crippen LogP) is 5.89. The van der Waals surface area contributed by atoms with Gasteiger partial charge in [0, 0.05) is 23.1 Å². The number of nitrogens with one attached hydrogen (secondary N) is 2. The van der Waals surface area contributed by atoms with Crippen LogP contribution in [0.2, 0.25) is 5.28 Å². The molecule has 3 rings (SSSR count). The molecule has 0 unspecified atom stereocenters. The Labute approximate surface area is 242 Å². The molecule has 11 nitrogen and oxygen atoms in total. The van der Waals surface area contributed by atoms with Crippen molar-refractivity contribution in [3.8, 4) is 0 Å². The lowest BCUT2D eigenvalue weighted by Crippen LogP contribution is -2.14. The van der Waals surface area contributed by atoms with E-state index in [9.17, 15) is 19.2 Å². The number of carbonyl (C=O) groups excluding carboxylic acids is 4. The lowest BCUT2D eigenvalue weighted by atomic mass is 10.1. The zero-order chi connectivity index (χ0) is 30.0. The van der Waals surface area contributed by atoms with Gasteiger partial charge in [-0.1, -0.05) is 43.5 Å². The highest BCUT2D eigenvalue weighted by Gasteiger charge is 2.11. The summed E-state index contributed by atoms with van der Waals surface area (Å²) in [5, 5.41) is 5.13. The maximum absolute atomic E-state index is 12.3. The molecule has 2 amide bonds. The molecule has 41 heavy (non-hydrogen) atoms. The van der Waals surface area contributed by atoms with Crippen LogP contribution < -0.4 is 10.6 Å². The highest BCUT2D eigenvalue weighted by atomic mass is 35.5. The van der Waals surface area contributed by atoms with Crippen molar-refractivity contribution in [3.63, 3.8) is 0 Å². The highest BCUT2D eigenvalue weighted by molar-refractivity contribution is 6.28. The van der Waals surface area contributed by atoms with E-state index in [1.54, 1.807) is 55.5 Å². The first-order valence-electron chi connectivity index (χ1n) is 12.2. The number of halogens is 1. The van der Waals surface area contributed by atoms with Gasteiger partial charge in [0.2, 0.25) is 5.28 Å². The van der Waals surface area contributed by atoms with Gasteiger partial charge in [-0.15, -0.1) is 0 Å². The second kappa shape index (κ2) is 17.5. The molecule has 12 heteroatoms. The van der Waals surface area contributed by atoms with Crippen LogP contribution in [0.15, 0.2) is 86.1 Å². The zero-order valence-corrected chi connectivity index (χ0v) is 23.1. The smallest absolute Gasteiger partial charge is 0.411 e. The monoisotopic (exact) mass is 580 g/mol. The van der Waals surface area contributed by atoms with E-state index in [1.165, 1.54) is 24.4 Å². The topological polar surface area (TPSA) is 146 Å². The van der Waals surface area contributed by atoms with Gasteiger partial charge in [0.15, 0.2) is 5.78 Å². The normalized spacial score (nSPS) is 9.71. The number of carbonyl (C=O) groups is 4. The molecule has 0 aliphatic carbocycles. The predicted molar refractivity (Wildman–Crippen MR) is 154 cm³/mol. The first-order chi connectivity index (χ1) is 19.7. The maximum Gasteiger partial charge on any atom is 0.411 e. The zero-order valence-electron chi connectivity index (χ0n) is 22.3. The Bertz CT molecular complexity index is 1380. The minimum absolute atomic E-state index is 0.0899. The van der Waals surface area contributed by atoms with E-state index in [1.807, 2.05) is 0 Å². The van der Waals surface area contributed by atoms with Gasteiger partial charge in [0.25, 0.3) is 0 Å². The molecule has 1 aromatic heterocycles. The van der Waals surface area contributed by atoms with Crippen molar-refractivity contribution in [1.29, 1.82) is 0 Å². The van der Waals surface area contributed by atoms with Gasteiger partial charge in [-0.2, -0.15) is 0 Å². The SMILES string of the molecule is C=CCOC(=O)Nc1cccc(C(=O)Cc2ccnc(Cl)n2)c1.C=CCOC(=O)Nc1cccc(C(=O)OCC)c1. The number of hydrogen-bond acceptors (Lipinski definition) is 9. The van der Waals surface area contributed by atoms with E-state index < -0.39 is 18.2 Å². The van der Waals surface area contributed by atoms with Gasteiger partial charge < -0.3 is 14.2 Å². The van der Waals surface area contributed by atoms with Gasteiger partial charge >= 0.3 is 18.2 Å². The summed E-state index contributed by atoms with van der Waals surface area (Å²) in [4.78, 5) is 54.3. The molecule has 2 N–H and O–H groups in total. The molecule has 0 aliphatic heterocycles. The quantitative estimate of drug-likeness (QED) is 0.0931. The van der Waals surface area contributed by atoms with Crippen LogP contribution in [0.4, 0.5) is 21.0 Å². The molecular formula is C29H29ClN4O7. The van der Waals surface area contributed by atoms with E-state index in [4.69, 9.17) is 25.8 Å². The van der Waals surface area contributed by atoms with Gasteiger partial charge in [0.1, 0.15) is 13.2 Å². The molecule has 0 fully saturated rings. The second-order valence-corrected chi connectivity index (χ2v) is 8.16. The van der Waals surface area contributed by atoms with Crippen LogP contribution in [0.5, 0.6) is 0 Å². The number of esters is 1. The molecule has 0 spiro atoms. The summed E-state index contributed by atoms with van der Waals surface area (Å²) < 4.78 is 14.4. The molecule has 2 aromatic carbocycles. The summed E-state index contributed by atoms with van der Waals surface area (Å²) in [5.74, 6) is -0.580. The van der Waals surface area contributed by atoms with Gasteiger partial charge in [0.05, 0.1) is 24.3 Å². The number of benzene rings is 2. The second-order valence-electron chi connectivity index (χ2n) is 7.82. The van der Waals surface area contributed by atoms with Crippen molar-refractivity contribution >= 4 is 46.9 Å². The van der Waals surface area contributed by atoms with Crippen LogP contribution in [0.3, 0.4) is 0 Å². The lowest BCUT2D eigenvalue weighted by molar-refractivity contribution is 0.0526.